The number of nitrogens with zero attached hydrogens (tertiary/aromatic N) is 2. The zero-order chi connectivity index (χ0) is 25.2. The molecule has 0 N–H and O–H groups in total. The number of carbonyl (C=O) groups is 4. The zero-order valence-corrected chi connectivity index (χ0v) is 19.2. The van der Waals surface area contributed by atoms with Crippen LogP contribution in [0.3, 0.4) is 0 Å². The van der Waals surface area contributed by atoms with Crippen molar-refractivity contribution in [2.45, 2.75) is 13.8 Å². The van der Waals surface area contributed by atoms with Crippen molar-refractivity contribution < 1.29 is 28.0 Å². The fraction of sp³-hybridized carbons (Fsp3) is 0.143. The van der Waals surface area contributed by atoms with Crippen LogP contribution in [0, 0.1) is 11.6 Å². The summed E-state index contributed by atoms with van der Waals surface area (Å²) in [4.78, 5) is 54.4. The van der Waals surface area contributed by atoms with Gasteiger partial charge >= 0.3 is 0 Å². The van der Waals surface area contributed by atoms with Crippen molar-refractivity contribution in [2.24, 2.45) is 0 Å². The summed E-state index contributed by atoms with van der Waals surface area (Å²) in [7, 11) is 0. The second-order valence-electron chi connectivity index (χ2n) is 9.09. The van der Waals surface area contributed by atoms with E-state index in [1.165, 1.54) is 12.1 Å². The highest BCUT2D eigenvalue weighted by molar-refractivity contribution is 6.41. The lowest BCUT2D eigenvalue weighted by molar-refractivity contribution is 0.0603. The Bertz CT molecular complexity index is 1790. The van der Waals surface area contributed by atoms with Crippen molar-refractivity contribution in [3.05, 3.63) is 70.3 Å². The van der Waals surface area contributed by atoms with Gasteiger partial charge in [-0.3, -0.25) is 29.0 Å². The van der Waals surface area contributed by atoms with Crippen molar-refractivity contribution in [1.29, 1.82) is 0 Å². The maximum atomic E-state index is 15.8. The Balaban J connectivity index is 1.76. The number of halogens is 2. The molecule has 0 saturated carbocycles. The molecule has 8 heteroatoms. The van der Waals surface area contributed by atoms with E-state index in [-0.39, 0.29) is 67.7 Å². The molecular weight excluding hydrogens is 466 g/mol. The summed E-state index contributed by atoms with van der Waals surface area (Å²) in [5.41, 5.74) is 0.570. The predicted octanol–water partition coefficient (Wildman–Crippen LogP) is 5.25. The smallest absolute Gasteiger partial charge is 0.261 e. The largest absolute Gasteiger partial charge is 0.275 e. The van der Waals surface area contributed by atoms with E-state index >= 15 is 8.78 Å². The summed E-state index contributed by atoms with van der Waals surface area (Å²) in [6.45, 7) is 3.58. The Hall–Kier alpha value is -4.46. The first-order valence-corrected chi connectivity index (χ1v) is 11.6. The molecule has 6 nitrogen and oxygen atoms in total. The topological polar surface area (TPSA) is 74.8 Å². The lowest BCUT2D eigenvalue weighted by Crippen LogP contribution is -2.40. The zero-order valence-electron chi connectivity index (χ0n) is 19.2. The third-order valence-electron chi connectivity index (χ3n) is 7.54. The molecule has 176 valence electrons. The van der Waals surface area contributed by atoms with E-state index < -0.39 is 35.3 Å². The molecule has 0 bridgehead atoms. The van der Waals surface area contributed by atoms with Gasteiger partial charge in [0.15, 0.2) is 0 Å². The van der Waals surface area contributed by atoms with E-state index in [2.05, 4.69) is 0 Å². The van der Waals surface area contributed by atoms with Crippen LogP contribution in [0.5, 0.6) is 0 Å². The monoisotopic (exact) mass is 482 g/mol. The van der Waals surface area contributed by atoms with E-state index in [1.807, 2.05) is 0 Å². The molecule has 0 spiro atoms. The highest BCUT2D eigenvalue weighted by atomic mass is 19.1. The minimum absolute atomic E-state index is 0.0444. The molecule has 0 fully saturated rings. The molecule has 2 aliphatic rings. The molecule has 4 amide bonds. The summed E-state index contributed by atoms with van der Waals surface area (Å²) < 4.78 is 31.7. The van der Waals surface area contributed by atoms with Gasteiger partial charge in [-0.25, -0.2) is 8.78 Å². The fourth-order valence-electron chi connectivity index (χ4n) is 6.04. The number of hydrogen-bond acceptors (Lipinski definition) is 4. The third-order valence-corrected chi connectivity index (χ3v) is 7.54. The van der Waals surface area contributed by atoms with Gasteiger partial charge in [0.1, 0.15) is 11.6 Å². The fourth-order valence-corrected chi connectivity index (χ4v) is 6.04. The Morgan fingerprint density at radius 1 is 0.528 bits per heavy atom. The van der Waals surface area contributed by atoms with Gasteiger partial charge in [0.05, 0.1) is 11.1 Å². The Kier molecular flexibility index (Phi) is 3.83. The second-order valence-corrected chi connectivity index (χ2v) is 9.09. The summed E-state index contributed by atoms with van der Waals surface area (Å²) in [6.07, 6.45) is 0. The standard InChI is InChI=1S/C28H16F2N2O4/c1-3-31-25(33)13-7-5-11-22-18(30)10-16-20-14(26(34)32(4-2)28(16)36)8-6-12(24(20)22)21-17(29)9-15(27(31)35)19(13)23(11)21/h5-10H,3-4H2,1-2H3. The van der Waals surface area contributed by atoms with Crippen LogP contribution < -0.4 is 0 Å². The third kappa shape index (κ3) is 2.16. The number of hydrogen-bond donors (Lipinski definition) is 0. The number of benzene rings is 5. The Morgan fingerprint density at radius 3 is 1.25 bits per heavy atom. The average Bonchev–Trinajstić information content (AvgIpc) is 2.86. The maximum Gasteiger partial charge on any atom is 0.261 e. The van der Waals surface area contributed by atoms with Gasteiger partial charge in [-0.15, -0.1) is 0 Å². The summed E-state index contributed by atoms with van der Waals surface area (Å²) in [5.74, 6) is -3.61. The van der Waals surface area contributed by atoms with E-state index in [9.17, 15) is 19.2 Å². The van der Waals surface area contributed by atoms with Gasteiger partial charge in [-0.1, -0.05) is 12.1 Å². The van der Waals surface area contributed by atoms with Crippen LogP contribution in [0.25, 0.3) is 43.1 Å². The molecule has 7 rings (SSSR count). The first kappa shape index (κ1) is 20.9. The molecule has 0 aromatic heterocycles. The Morgan fingerprint density at radius 2 is 0.889 bits per heavy atom. The molecule has 36 heavy (non-hydrogen) atoms. The van der Waals surface area contributed by atoms with E-state index in [0.29, 0.717) is 10.8 Å². The number of imide groups is 2. The molecule has 0 aliphatic carbocycles. The molecule has 2 aliphatic heterocycles. The minimum Gasteiger partial charge on any atom is -0.275 e. The highest BCUT2D eigenvalue weighted by Gasteiger charge is 2.37. The first-order chi connectivity index (χ1) is 17.3. The molecular formula is C28H16F2N2O4. The van der Waals surface area contributed by atoms with Crippen LogP contribution >= 0.6 is 0 Å². The summed E-state index contributed by atoms with van der Waals surface area (Å²) in [5, 5.41) is 1.96. The minimum atomic E-state index is -0.704. The van der Waals surface area contributed by atoms with E-state index in [1.54, 1.807) is 26.0 Å². The van der Waals surface area contributed by atoms with Crippen molar-refractivity contribution >= 4 is 66.7 Å². The van der Waals surface area contributed by atoms with Gasteiger partial charge in [-0.2, -0.15) is 0 Å². The molecule has 2 heterocycles. The molecule has 5 aromatic rings. The Labute approximate surface area is 202 Å². The van der Waals surface area contributed by atoms with Crippen molar-refractivity contribution in [3.8, 4) is 0 Å². The lowest BCUT2D eigenvalue weighted by atomic mass is 9.82. The van der Waals surface area contributed by atoms with Gasteiger partial charge in [0.25, 0.3) is 23.6 Å². The van der Waals surface area contributed by atoms with Gasteiger partial charge in [0, 0.05) is 56.5 Å². The van der Waals surface area contributed by atoms with Crippen LogP contribution in [0.4, 0.5) is 8.78 Å². The number of rotatable bonds is 2. The molecule has 5 aromatic carbocycles. The summed E-state index contributed by atoms with van der Waals surface area (Å²) >= 11 is 0. The SMILES string of the molecule is CCN1C(=O)c2ccc3c4c(F)cc5c6c(ccc(c7c(F)cc(c2c37)C1=O)c64)C(=O)N(CC)C5=O. The highest BCUT2D eigenvalue weighted by Crippen LogP contribution is 2.47. The average molecular weight is 482 g/mol. The second kappa shape index (κ2) is 6.60. The molecule has 0 radical (unpaired) electrons. The first-order valence-electron chi connectivity index (χ1n) is 11.6. The van der Waals surface area contributed by atoms with Crippen LogP contribution in [0.1, 0.15) is 55.3 Å². The quantitative estimate of drug-likeness (QED) is 0.196. The van der Waals surface area contributed by atoms with Crippen LogP contribution in [-0.2, 0) is 0 Å². The van der Waals surface area contributed by atoms with Gasteiger partial charge < -0.3 is 0 Å². The normalized spacial score (nSPS) is 15.6. The van der Waals surface area contributed by atoms with Crippen LogP contribution in [0.15, 0.2) is 36.4 Å². The van der Waals surface area contributed by atoms with Crippen molar-refractivity contribution in [3.63, 3.8) is 0 Å². The number of fused-ring (bicyclic) bond motifs is 2. The van der Waals surface area contributed by atoms with Crippen molar-refractivity contribution in [1.82, 2.24) is 9.80 Å². The van der Waals surface area contributed by atoms with E-state index in [4.69, 9.17) is 0 Å². The van der Waals surface area contributed by atoms with E-state index in [0.717, 1.165) is 21.9 Å². The van der Waals surface area contributed by atoms with Gasteiger partial charge in [-0.05, 0) is 48.9 Å². The maximum absolute atomic E-state index is 15.8. The van der Waals surface area contributed by atoms with Crippen LogP contribution in [0.2, 0.25) is 0 Å². The number of carbonyl (C=O) groups excluding carboxylic acids is 4. The number of amides is 4. The lowest BCUT2D eigenvalue weighted by Gasteiger charge is -2.29. The van der Waals surface area contributed by atoms with Gasteiger partial charge in [0.2, 0.25) is 0 Å². The molecule has 0 unspecified atom stereocenters. The van der Waals surface area contributed by atoms with Crippen molar-refractivity contribution in [2.75, 3.05) is 13.1 Å². The molecule has 0 atom stereocenters. The predicted molar refractivity (Wildman–Crippen MR) is 130 cm³/mol. The van der Waals surface area contributed by atoms with Crippen LogP contribution in [-0.4, -0.2) is 46.5 Å². The molecule has 0 saturated heterocycles. The summed E-state index contributed by atoms with van der Waals surface area (Å²) in [6, 6.07) is 8.38.